The molecule has 0 bridgehead atoms. The van der Waals surface area contributed by atoms with E-state index in [1.165, 1.54) is 4.88 Å². The summed E-state index contributed by atoms with van der Waals surface area (Å²) >= 11 is 7.13. The van der Waals surface area contributed by atoms with Crippen molar-refractivity contribution in [1.82, 2.24) is 10.2 Å². The normalized spacial score (nSPS) is 12.0. The van der Waals surface area contributed by atoms with E-state index >= 15 is 0 Å². The van der Waals surface area contributed by atoms with Crippen LogP contribution in [-0.2, 0) is 0 Å². The van der Waals surface area contributed by atoms with Crippen molar-refractivity contribution < 1.29 is 4.74 Å². The lowest BCUT2D eigenvalue weighted by atomic mass is 10.2. The maximum absolute atomic E-state index is 5.37. The van der Waals surface area contributed by atoms with Gasteiger partial charge in [-0.05, 0) is 49.9 Å². The van der Waals surface area contributed by atoms with Crippen LogP contribution in [0.2, 0.25) is 0 Å². The van der Waals surface area contributed by atoms with Crippen molar-refractivity contribution in [1.29, 1.82) is 0 Å². The second-order valence-corrected chi connectivity index (χ2v) is 6.45. The highest BCUT2D eigenvalue weighted by molar-refractivity contribution is 7.80. The fourth-order valence-corrected chi connectivity index (χ4v) is 3.21. The molecule has 2 aromatic rings. The summed E-state index contributed by atoms with van der Waals surface area (Å²) in [7, 11) is 5.80. The number of nitrogens with zero attached hydrogens (tertiary/aromatic N) is 1. The standard InChI is InChI=1S/C16H21N3OS2/c1-19(2)14(15-8-5-9-22-15)11-17-16(21)18-12-6-4-7-13(10-12)20-3/h4-10,14H,11H2,1-3H3,(H2,17,18,21)/t14-/m1/s1. The highest BCUT2D eigenvalue weighted by Crippen LogP contribution is 2.22. The molecule has 0 spiro atoms. The SMILES string of the molecule is COc1cccc(NC(=S)NC[C@H](c2cccs2)N(C)C)c1. The molecule has 6 heteroatoms. The number of rotatable bonds is 6. The minimum absolute atomic E-state index is 0.296. The molecule has 22 heavy (non-hydrogen) atoms. The van der Waals surface area contributed by atoms with Gasteiger partial charge in [0.2, 0.25) is 0 Å². The zero-order chi connectivity index (χ0) is 15.9. The van der Waals surface area contributed by atoms with E-state index in [0.29, 0.717) is 11.2 Å². The summed E-state index contributed by atoms with van der Waals surface area (Å²) in [5, 5.41) is 9.17. The number of anilines is 1. The minimum atomic E-state index is 0.296. The van der Waals surface area contributed by atoms with Crippen LogP contribution in [0.1, 0.15) is 10.9 Å². The van der Waals surface area contributed by atoms with Gasteiger partial charge in [-0.15, -0.1) is 11.3 Å². The molecular weight excluding hydrogens is 314 g/mol. The fourth-order valence-electron chi connectivity index (χ4n) is 2.08. The molecule has 0 saturated carbocycles. The maximum Gasteiger partial charge on any atom is 0.170 e. The molecule has 0 aliphatic rings. The Kier molecular flexibility index (Phi) is 6.18. The molecule has 4 nitrogen and oxygen atoms in total. The van der Waals surface area contributed by atoms with E-state index in [1.807, 2.05) is 24.3 Å². The number of nitrogens with one attached hydrogen (secondary N) is 2. The number of ether oxygens (including phenoxy) is 1. The molecule has 1 aromatic heterocycles. The van der Waals surface area contributed by atoms with Crippen molar-refractivity contribution in [2.75, 3.05) is 33.1 Å². The summed E-state index contributed by atoms with van der Waals surface area (Å²) in [6.07, 6.45) is 0. The van der Waals surface area contributed by atoms with Crippen molar-refractivity contribution in [2.24, 2.45) is 0 Å². The predicted octanol–water partition coefficient (Wildman–Crippen LogP) is 3.35. The summed E-state index contributed by atoms with van der Waals surface area (Å²) in [6, 6.07) is 12.2. The maximum atomic E-state index is 5.37. The third kappa shape index (κ3) is 4.69. The van der Waals surface area contributed by atoms with Crippen LogP contribution >= 0.6 is 23.6 Å². The number of thiophene rings is 1. The summed E-state index contributed by atoms with van der Waals surface area (Å²) < 4.78 is 5.21. The Labute approximate surface area is 141 Å². The molecular formula is C16H21N3OS2. The smallest absolute Gasteiger partial charge is 0.170 e. The first-order chi connectivity index (χ1) is 10.6. The van der Waals surface area contributed by atoms with Crippen LogP contribution in [0, 0.1) is 0 Å². The highest BCUT2D eigenvalue weighted by Gasteiger charge is 2.15. The van der Waals surface area contributed by atoms with Crippen molar-refractivity contribution in [2.45, 2.75) is 6.04 Å². The first kappa shape index (κ1) is 16.7. The van der Waals surface area contributed by atoms with Gasteiger partial charge in [-0.1, -0.05) is 12.1 Å². The lowest BCUT2D eigenvalue weighted by Gasteiger charge is -2.24. The largest absolute Gasteiger partial charge is 0.497 e. The quantitative estimate of drug-likeness (QED) is 0.792. The molecule has 0 fully saturated rings. The van der Waals surface area contributed by atoms with Gasteiger partial charge in [0.25, 0.3) is 0 Å². The number of thiocarbonyl (C=S) groups is 1. The Morgan fingerprint density at radius 2 is 2.14 bits per heavy atom. The van der Waals surface area contributed by atoms with E-state index in [9.17, 15) is 0 Å². The molecule has 118 valence electrons. The van der Waals surface area contributed by atoms with Crippen molar-refractivity contribution >= 4 is 34.4 Å². The lowest BCUT2D eigenvalue weighted by molar-refractivity contribution is 0.303. The van der Waals surface area contributed by atoms with Crippen LogP contribution in [0.25, 0.3) is 0 Å². The second kappa shape index (κ2) is 8.12. The van der Waals surface area contributed by atoms with Crippen LogP contribution in [0.4, 0.5) is 5.69 Å². The van der Waals surface area contributed by atoms with E-state index in [2.05, 4.69) is 47.1 Å². The fraction of sp³-hybridized carbons (Fsp3) is 0.312. The Bertz CT molecular complexity index is 599. The van der Waals surface area contributed by atoms with E-state index in [0.717, 1.165) is 18.0 Å². The summed E-state index contributed by atoms with van der Waals surface area (Å²) in [4.78, 5) is 3.51. The number of methoxy groups -OCH3 is 1. The van der Waals surface area contributed by atoms with Gasteiger partial charge in [0.1, 0.15) is 5.75 Å². The van der Waals surface area contributed by atoms with Crippen molar-refractivity contribution in [3.63, 3.8) is 0 Å². The van der Waals surface area contributed by atoms with Gasteiger partial charge in [-0.25, -0.2) is 0 Å². The molecule has 1 heterocycles. The van der Waals surface area contributed by atoms with Gasteiger partial charge in [-0.2, -0.15) is 0 Å². The number of likely N-dealkylation sites (N-methyl/N-ethyl adjacent to an activating group) is 1. The van der Waals surface area contributed by atoms with Crippen molar-refractivity contribution in [3.05, 3.63) is 46.7 Å². The zero-order valence-corrected chi connectivity index (χ0v) is 14.6. The van der Waals surface area contributed by atoms with E-state index in [4.69, 9.17) is 17.0 Å². The van der Waals surface area contributed by atoms with Gasteiger partial charge in [0.05, 0.1) is 13.2 Å². The minimum Gasteiger partial charge on any atom is -0.497 e. The summed E-state index contributed by atoms with van der Waals surface area (Å²) in [5.41, 5.74) is 0.911. The van der Waals surface area contributed by atoms with Crippen LogP contribution in [-0.4, -0.2) is 37.8 Å². The molecule has 0 saturated heterocycles. The van der Waals surface area contributed by atoms with E-state index < -0.39 is 0 Å². The zero-order valence-electron chi connectivity index (χ0n) is 13.0. The molecule has 0 radical (unpaired) electrons. The van der Waals surface area contributed by atoms with Gasteiger partial charge in [-0.3, -0.25) is 0 Å². The van der Waals surface area contributed by atoms with Gasteiger partial charge in [0.15, 0.2) is 5.11 Å². The third-order valence-electron chi connectivity index (χ3n) is 3.28. The van der Waals surface area contributed by atoms with E-state index in [-0.39, 0.29) is 0 Å². The highest BCUT2D eigenvalue weighted by atomic mass is 32.1. The molecule has 0 aliphatic carbocycles. The summed E-state index contributed by atoms with van der Waals surface area (Å²) in [5.74, 6) is 0.803. The molecule has 1 aromatic carbocycles. The lowest BCUT2D eigenvalue weighted by Crippen LogP contribution is -2.36. The van der Waals surface area contributed by atoms with Gasteiger partial charge >= 0.3 is 0 Å². The Morgan fingerprint density at radius 3 is 2.77 bits per heavy atom. The molecule has 0 unspecified atom stereocenters. The molecule has 2 N–H and O–H groups in total. The van der Waals surface area contributed by atoms with Gasteiger partial charge in [0, 0.05) is 23.2 Å². The Hall–Kier alpha value is -1.63. The first-order valence-corrected chi connectivity index (χ1v) is 8.27. The van der Waals surface area contributed by atoms with Gasteiger partial charge < -0.3 is 20.3 Å². The number of benzene rings is 1. The molecule has 2 rings (SSSR count). The summed E-state index contributed by atoms with van der Waals surface area (Å²) in [6.45, 7) is 0.753. The molecule has 0 aliphatic heterocycles. The topological polar surface area (TPSA) is 36.5 Å². The monoisotopic (exact) mass is 335 g/mol. The van der Waals surface area contributed by atoms with Crippen LogP contribution in [0.15, 0.2) is 41.8 Å². The third-order valence-corrected chi connectivity index (χ3v) is 4.50. The average molecular weight is 335 g/mol. The Morgan fingerprint density at radius 1 is 1.32 bits per heavy atom. The van der Waals surface area contributed by atoms with Crippen molar-refractivity contribution in [3.8, 4) is 5.75 Å². The van der Waals surface area contributed by atoms with Crippen LogP contribution in [0.3, 0.4) is 0 Å². The van der Waals surface area contributed by atoms with Crippen LogP contribution < -0.4 is 15.4 Å². The van der Waals surface area contributed by atoms with E-state index in [1.54, 1.807) is 18.4 Å². The number of hydrogen-bond donors (Lipinski definition) is 2. The van der Waals surface area contributed by atoms with Crippen LogP contribution in [0.5, 0.6) is 5.75 Å². The first-order valence-electron chi connectivity index (χ1n) is 6.99. The Balaban J connectivity index is 1.91. The predicted molar refractivity (Wildman–Crippen MR) is 98.0 cm³/mol. The average Bonchev–Trinajstić information content (AvgIpc) is 3.01. The molecule has 0 amide bonds. The second-order valence-electron chi connectivity index (χ2n) is 5.06. The number of hydrogen-bond acceptors (Lipinski definition) is 4. The molecule has 1 atom stereocenters.